The molecule has 0 aliphatic rings. The highest BCUT2D eigenvalue weighted by Crippen LogP contribution is 2.19. The first-order chi connectivity index (χ1) is 9.56. The minimum absolute atomic E-state index is 0.0466. The number of hydrogen-bond acceptors (Lipinski definition) is 4. The van der Waals surface area contributed by atoms with E-state index in [0.717, 1.165) is 11.6 Å². The van der Waals surface area contributed by atoms with Crippen molar-refractivity contribution in [1.29, 1.82) is 0 Å². The molecule has 6 heteroatoms. The molecule has 1 aromatic heterocycles. The molecule has 0 aliphatic heterocycles. The number of rotatable bonds is 6. The fraction of sp³-hybridized carbons (Fsp3) is 0.429. The van der Waals surface area contributed by atoms with Gasteiger partial charge in [-0.1, -0.05) is 31.3 Å². The molecule has 2 aromatic rings. The summed E-state index contributed by atoms with van der Waals surface area (Å²) in [5.41, 5.74) is 0.0466. The van der Waals surface area contributed by atoms with Gasteiger partial charge in [-0.3, -0.25) is 0 Å². The number of hydrogen-bond donors (Lipinski definition) is 1. The predicted molar refractivity (Wildman–Crippen MR) is 75.6 cm³/mol. The fourth-order valence-corrected chi connectivity index (χ4v) is 2.58. The van der Waals surface area contributed by atoms with Crippen molar-refractivity contribution in [2.75, 3.05) is 6.54 Å². The van der Waals surface area contributed by atoms with Crippen molar-refractivity contribution in [3.05, 3.63) is 45.4 Å². The molecule has 1 aromatic carbocycles. The number of nitrogens with zero attached hydrogens (tertiary/aromatic N) is 2. The molecule has 1 N–H and O–H groups in total. The zero-order chi connectivity index (χ0) is 14.5. The van der Waals surface area contributed by atoms with Crippen LogP contribution in [-0.4, -0.2) is 16.7 Å². The van der Waals surface area contributed by atoms with E-state index in [-0.39, 0.29) is 12.0 Å². The average molecular weight is 297 g/mol. The Morgan fingerprint density at radius 1 is 1.15 bits per heavy atom. The molecule has 0 aliphatic carbocycles. The minimum atomic E-state index is -0.542. The molecule has 20 heavy (non-hydrogen) atoms. The van der Waals surface area contributed by atoms with E-state index in [1.165, 1.54) is 29.5 Å². The van der Waals surface area contributed by atoms with Gasteiger partial charge >= 0.3 is 0 Å². The Morgan fingerprint density at radius 3 is 2.45 bits per heavy atom. The van der Waals surface area contributed by atoms with Gasteiger partial charge in [0.1, 0.15) is 21.6 Å². The molecule has 108 valence electrons. The Balaban J connectivity index is 1.99. The highest BCUT2D eigenvalue weighted by molar-refractivity contribution is 7.11. The molecule has 0 bridgehead atoms. The molecule has 1 heterocycles. The lowest BCUT2D eigenvalue weighted by Gasteiger charge is -2.04. The standard InChI is InChI=1S/C14H17F2N3S/c1-9(2)7-17-8-14-19-18-13(20-14)6-10-11(15)4-3-5-12(10)16/h3-5,9,17H,6-8H2,1-2H3. The van der Waals surface area contributed by atoms with Crippen LogP contribution in [-0.2, 0) is 13.0 Å². The summed E-state index contributed by atoms with van der Waals surface area (Å²) >= 11 is 1.38. The van der Waals surface area contributed by atoms with Gasteiger partial charge in [0.2, 0.25) is 0 Å². The zero-order valence-electron chi connectivity index (χ0n) is 11.5. The van der Waals surface area contributed by atoms with Crippen LogP contribution in [0.4, 0.5) is 8.78 Å². The van der Waals surface area contributed by atoms with Gasteiger partial charge in [-0.15, -0.1) is 10.2 Å². The first-order valence-corrected chi connectivity index (χ1v) is 7.32. The molecule has 0 fully saturated rings. The van der Waals surface area contributed by atoms with Crippen molar-refractivity contribution in [1.82, 2.24) is 15.5 Å². The van der Waals surface area contributed by atoms with Crippen molar-refractivity contribution in [2.45, 2.75) is 26.8 Å². The monoisotopic (exact) mass is 297 g/mol. The van der Waals surface area contributed by atoms with E-state index in [9.17, 15) is 8.78 Å². The number of benzene rings is 1. The van der Waals surface area contributed by atoms with Crippen LogP contribution < -0.4 is 5.32 Å². The summed E-state index contributed by atoms with van der Waals surface area (Å²) in [6, 6.07) is 3.87. The van der Waals surface area contributed by atoms with Crippen molar-refractivity contribution < 1.29 is 8.78 Å². The van der Waals surface area contributed by atoms with Gasteiger partial charge in [0.15, 0.2) is 0 Å². The van der Waals surface area contributed by atoms with E-state index in [1.54, 1.807) is 0 Å². The molecular weight excluding hydrogens is 280 g/mol. The molecular formula is C14H17F2N3S. The summed E-state index contributed by atoms with van der Waals surface area (Å²) in [4.78, 5) is 0. The van der Waals surface area contributed by atoms with Crippen LogP contribution in [0.25, 0.3) is 0 Å². The van der Waals surface area contributed by atoms with E-state index in [4.69, 9.17) is 0 Å². The summed E-state index contributed by atoms with van der Waals surface area (Å²) in [5.74, 6) is -0.519. The Kier molecular flexibility index (Phi) is 5.14. The van der Waals surface area contributed by atoms with Gasteiger partial charge in [0.25, 0.3) is 0 Å². The van der Waals surface area contributed by atoms with Crippen molar-refractivity contribution in [3.8, 4) is 0 Å². The van der Waals surface area contributed by atoms with E-state index in [0.29, 0.717) is 17.5 Å². The predicted octanol–water partition coefficient (Wildman–Crippen LogP) is 3.15. The van der Waals surface area contributed by atoms with Gasteiger partial charge in [0, 0.05) is 18.5 Å². The van der Waals surface area contributed by atoms with E-state index >= 15 is 0 Å². The van der Waals surface area contributed by atoms with Gasteiger partial charge in [-0.05, 0) is 24.6 Å². The summed E-state index contributed by atoms with van der Waals surface area (Å²) < 4.78 is 27.1. The Labute approximate surface area is 121 Å². The first kappa shape index (κ1) is 15.0. The Morgan fingerprint density at radius 2 is 1.80 bits per heavy atom. The number of nitrogens with one attached hydrogen (secondary N) is 1. The molecule has 0 saturated heterocycles. The van der Waals surface area contributed by atoms with Gasteiger partial charge in [-0.2, -0.15) is 0 Å². The van der Waals surface area contributed by atoms with Crippen LogP contribution in [0.15, 0.2) is 18.2 Å². The SMILES string of the molecule is CC(C)CNCc1nnc(Cc2c(F)cccc2F)s1. The normalized spacial score (nSPS) is 11.2. The molecule has 0 radical (unpaired) electrons. The molecule has 0 amide bonds. The van der Waals surface area contributed by atoms with E-state index in [1.807, 2.05) is 0 Å². The Hall–Kier alpha value is -1.40. The highest BCUT2D eigenvalue weighted by Gasteiger charge is 2.12. The second-order valence-electron chi connectivity index (χ2n) is 4.99. The summed E-state index contributed by atoms with van der Waals surface area (Å²) in [6.07, 6.45) is 0.139. The van der Waals surface area contributed by atoms with Crippen molar-refractivity contribution in [3.63, 3.8) is 0 Å². The maximum atomic E-state index is 13.5. The quantitative estimate of drug-likeness (QED) is 0.890. The third-order valence-electron chi connectivity index (χ3n) is 2.73. The molecule has 2 rings (SSSR count). The van der Waals surface area contributed by atoms with Gasteiger partial charge < -0.3 is 5.32 Å². The van der Waals surface area contributed by atoms with Crippen LogP contribution >= 0.6 is 11.3 Å². The second kappa shape index (κ2) is 6.85. The average Bonchev–Trinajstić information content (AvgIpc) is 2.81. The summed E-state index contributed by atoms with van der Waals surface area (Å²) in [5, 5.41) is 12.7. The number of aromatic nitrogens is 2. The van der Waals surface area contributed by atoms with Crippen LogP contribution in [0.1, 0.15) is 29.4 Å². The number of halogens is 2. The first-order valence-electron chi connectivity index (χ1n) is 6.51. The molecule has 0 spiro atoms. The molecule has 3 nitrogen and oxygen atoms in total. The second-order valence-corrected chi connectivity index (χ2v) is 6.14. The maximum Gasteiger partial charge on any atom is 0.131 e. The molecule has 0 unspecified atom stereocenters. The van der Waals surface area contributed by atoms with Crippen LogP contribution in [0, 0.1) is 17.6 Å². The molecule has 0 saturated carbocycles. The lowest BCUT2D eigenvalue weighted by molar-refractivity contribution is 0.550. The Bertz CT molecular complexity index is 549. The zero-order valence-corrected chi connectivity index (χ0v) is 12.3. The van der Waals surface area contributed by atoms with Crippen LogP contribution in [0.2, 0.25) is 0 Å². The smallest absolute Gasteiger partial charge is 0.131 e. The fourth-order valence-electron chi connectivity index (χ4n) is 1.75. The lowest BCUT2D eigenvalue weighted by atomic mass is 10.1. The van der Waals surface area contributed by atoms with E-state index in [2.05, 4.69) is 29.4 Å². The van der Waals surface area contributed by atoms with Crippen LogP contribution in [0.3, 0.4) is 0 Å². The third kappa shape index (κ3) is 4.05. The largest absolute Gasteiger partial charge is 0.310 e. The van der Waals surface area contributed by atoms with Gasteiger partial charge in [-0.25, -0.2) is 8.78 Å². The van der Waals surface area contributed by atoms with Gasteiger partial charge in [0.05, 0.1) is 0 Å². The van der Waals surface area contributed by atoms with Crippen LogP contribution in [0.5, 0.6) is 0 Å². The minimum Gasteiger partial charge on any atom is -0.310 e. The summed E-state index contributed by atoms with van der Waals surface area (Å²) in [7, 11) is 0. The maximum absolute atomic E-state index is 13.5. The third-order valence-corrected chi connectivity index (χ3v) is 3.65. The molecule has 0 atom stereocenters. The van der Waals surface area contributed by atoms with Crippen molar-refractivity contribution >= 4 is 11.3 Å². The summed E-state index contributed by atoms with van der Waals surface area (Å²) in [6.45, 7) is 5.78. The highest BCUT2D eigenvalue weighted by atomic mass is 32.1. The van der Waals surface area contributed by atoms with E-state index < -0.39 is 11.6 Å². The van der Waals surface area contributed by atoms with Crippen molar-refractivity contribution in [2.24, 2.45) is 5.92 Å². The topological polar surface area (TPSA) is 37.8 Å². The lowest BCUT2D eigenvalue weighted by Crippen LogP contribution is -2.18.